The average molecular weight is 356 g/mol. The molecule has 4 rings (SSSR count). The number of nitrogen functional groups attached to an aromatic ring is 1. The molecule has 2 aliphatic rings. The van der Waals surface area contributed by atoms with Gasteiger partial charge in [0.1, 0.15) is 11.6 Å². The lowest BCUT2D eigenvalue weighted by Crippen LogP contribution is -2.35. The number of piperidine rings is 1. The molecule has 0 amide bonds. The van der Waals surface area contributed by atoms with Gasteiger partial charge in [-0.1, -0.05) is 12.1 Å². The maximum Gasteiger partial charge on any atom is 0.222 e. The summed E-state index contributed by atoms with van der Waals surface area (Å²) >= 11 is 0. The van der Waals surface area contributed by atoms with Crippen LogP contribution in [0.2, 0.25) is 0 Å². The summed E-state index contributed by atoms with van der Waals surface area (Å²) in [5.74, 6) is 1.93. The molecule has 138 valence electrons. The van der Waals surface area contributed by atoms with Crippen molar-refractivity contribution in [3.05, 3.63) is 47.4 Å². The molecular weight excluding hydrogens is 331 g/mol. The summed E-state index contributed by atoms with van der Waals surface area (Å²) in [5, 5.41) is 9.53. The van der Waals surface area contributed by atoms with Gasteiger partial charge in [0.25, 0.3) is 0 Å². The minimum Gasteiger partial charge on any atom is -0.393 e. The summed E-state index contributed by atoms with van der Waals surface area (Å²) in [6.45, 7) is 1.88. The van der Waals surface area contributed by atoms with E-state index in [0.29, 0.717) is 17.8 Å². The van der Waals surface area contributed by atoms with Gasteiger partial charge >= 0.3 is 0 Å². The van der Waals surface area contributed by atoms with Crippen molar-refractivity contribution in [3.8, 4) is 0 Å². The molecule has 5 nitrogen and oxygen atoms in total. The summed E-state index contributed by atoms with van der Waals surface area (Å²) < 4.78 is 13.0. The summed E-state index contributed by atoms with van der Waals surface area (Å²) in [6, 6.07) is 8.87. The number of anilines is 2. The molecule has 0 spiro atoms. The molecule has 1 aliphatic heterocycles. The molecule has 0 bridgehead atoms. The molecule has 0 radical (unpaired) electrons. The predicted molar refractivity (Wildman–Crippen MR) is 99.5 cm³/mol. The fourth-order valence-electron chi connectivity index (χ4n) is 3.99. The molecular formula is C20H25FN4O. The van der Waals surface area contributed by atoms with Crippen LogP contribution in [0.1, 0.15) is 42.9 Å². The number of aliphatic hydroxyl groups is 1. The third-order valence-electron chi connectivity index (χ3n) is 5.66. The van der Waals surface area contributed by atoms with Crippen LogP contribution in [-0.4, -0.2) is 34.3 Å². The van der Waals surface area contributed by atoms with E-state index in [-0.39, 0.29) is 11.9 Å². The Labute approximate surface area is 153 Å². The van der Waals surface area contributed by atoms with Crippen LogP contribution >= 0.6 is 0 Å². The van der Waals surface area contributed by atoms with Crippen molar-refractivity contribution in [2.45, 2.75) is 44.1 Å². The fourth-order valence-corrected chi connectivity index (χ4v) is 3.99. The maximum absolute atomic E-state index is 13.0. The van der Waals surface area contributed by atoms with Crippen molar-refractivity contribution in [2.24, 2.45) is 5.92 Å². The normalized spacial score (nSPS) is 23.7. The van der Waals surface area contributed by atoms with Gasteiger partial charge in [-0.3, -0.25) is 0 Å². The van der Waals surface area contributed by atoms with E-state index < -0.39 is 0 Å². The molecule has 1 aromatic carbocycles. The Morgan fingerprint density at radius 1 is 1.12 bits per heavy atom. The minimum atomic E-state index is -0.207. The molecule has 0 atom stereocenters. The third-order valence-corrected chi connectivity index (χ3v) is 5.66. The van der Waals surface area contributed by atoms with Crippen molar-refractivity contribution in [1.82, 2.24) is 9.97 Å². The summed E-state index contributed by atoms with van der Waals surface area (Å²) in [7, 11) is 0. The molecule has 6 heteroatoms. The highest BCUT2D eigenvalue weighted by Crippen LogP contribution is 2.37. The van der Waals surface area contributed by atoms with Gasteiger partial charge in [0.2, 0.25) is 5.95 Å². The van der Waals surface area contributed by atoms with Crippen LogP contribution in [-0.2, 0) is 6.42 Å². The van der Waals surface area contributed by atoms with Gasteiger partial charge in [0.15, 0.2) is 0 Å². The first-order valence-electron chi connectivity index (χ1n) is 9.39. The van der Waals surface area contributed by atoms with Crippen LogP contribution in [0, 0.1) is 11.7 Å². The molecule has 1 saturated heterocycles. The quantitative estimate of drug-likeness (QED) is 0.881. The first kappa shape index (κ1) is 17.2. The van der Waals surface area contributed by atoms with Crippen molar-refractivity contribution >= 4 is 11.8 Å². The first-order chi connectivity index (χ1) is 12.6. The minimum absolute atomic E-state index is 0.181. The molecule has 2 heterocycles. The Balaban J connectivity index is 1.37. The third kappa shape index (κ3) is 3.80. The Morgan fingerprint density at radius 3 is 2.46 bits per heavy atom. The van der Waals surface area contributed by atoms with Gasteiger partial charge in [-0.15, -0.1) is 0 Å². The van der Waals surface area contributed by atoms with Crippen LogP contribution in [0.15, 0.2) is 30.3 Å². The zero-order valence-corrected chi connectivity index (χ0v) is 14.8. The Morgan fingerprint density at radius 2 is 1.81 bits per heavy atom. The van der Waals surface area contributed by atoms with Crippen molar-refractivity contribution in [3.63, 3.8) is 0 Å². The number of hydrogen-bond acceptors (Lipinski definition) is 5. The molecule has 2 fully saturated rings. The summed E-state index contributed by atoms with van der Waals surface area (Å²) in [5.41, 5.74) is 8.06. The number of hydrogen-bond donors (Lipinski definition) is 2. The SMILES string of the molecule is Nc1nc(C2CC(O)C2)cc(N2CCC(Cc3ccc(F)cc3)CC2)n1. The van der Waals surface area contributed by atoms with E-state index in [2.05, 4.69) is 14.9 Å². The predicted octanol–water partition coefficient (Wildman–Crippen LogP) is 2.90. The summed E-state index contributed by atoms with van der Waals surface area (Å²) in [6.07, 6.45) is 4.47. The standard InChI is InChI=1S/C20H25FN4O/c21-16-3-1-13(2-4-16)9-14-5-7-25(8-6-14)19-12-18(23-20(22)24-19)15-10-17(26)11-15/h1-4,12,14-15,17,26H,5-11H2,(H2,22,23,24). The number of aliphatic hydroxyl groups excluding tert-OH is 1. The molecule has 1 aromatic heterocycles. The molecule has 26 heavy (non-hydrogen) atoms. The van der Waals surface area contributed by atoms with Gasteiger partial charge in [0.05, 0.1) is 11.8 Å². The number of nitrogens with two attached hydrogens (primary N) is 1. The van der Waals surface area contributed by atoms with Gasteiger partial charge in [-0.25, -0.2) is 9.37 Å². The number of halogens is 1. The number of rotatable bonds is 4. The van der Waals surface area contributed by atoms with E-state index in [9.17, 15) is 9.50 Å². The lowest BCUT2D eigenvalue weighted by molar-refractivity contribution is 0.0732. The van der Waals surface area contributed by atoms with E-state index in [1.807, 2.05) is 18.2 Å². The van der Waals surface area contributed by atoms with Gasteiger partial charge in [0, 0.05) is 25.1 Å². The van der Waals surface area contributed by atoms with Crippen molar-refractivity contribution in [2.75, 3.05) is 23.7 Å². The lowest BCUT2D eigenvalue weighted by Gasteiger charge is -2.34. The van der Waals surface area contributed by atoms with Crippen LogP contribution in [0.3, 0.4) is 0 Å². The molecule has 3 N–H and O–H groups in total. The van der Waals surface area contributed by atoms with Crippen LogP contribution in [0.25, 0.3) is 0 Å². The molecule has 0 unspecified atom stereocenters. The van der Waals surface area contributed by atoms with E-state index in [0.717, 1.165) is 56.7 Å². The lowest BCUT2D eigenvalue weighted by atomic mass is 9.80. The van der Waals surface area contributed by atoms with Gasteiger partial charge < -0.3 is 15.7 Å². The monoisotopic (exact) mass is 356 g/mol. The number of benzene rings is 1. The molecule has 1 aliphatic carbocycles. The van der Waals surface area contributed by atoms with Crippen LogP contribution in [0.4, 0.5) is 16.2 Å². The van der Waals surface area contributed by atoms with E-state index in [4.69, 9.17) is 5.73 Å². The average Bonchev–Trinajstić information content (AvgIpc) is 2.61. The zero-order valence-electron chi connectivity index (χ0n) is 14.8. The highest BCUT2D eigenvalue weighted by Gasteiger charge is 2.31. The smallest absolute Gasteiger partial charge is 0.222 e. The largest absolute Gasteiger partial charge is 0.393 e. The second-order valence-corrected chi connectivity index (χ2v) is 7.59. The Bertz CT molecular complexity index is 753. The Hall–Kier alpha value is -2.21. The second kappa shape index (κ2) is 7.19. The maximum atomic E-state index is 13.0. The highest BCUT2D eigenvalue weighted by atomic mass is 19.1. The fraction of sp³-hybridized carbons (Fsp3) is 0.500. The van der Waals surface area contributed by atoms with E-state index >= 15 is 0 Å². The van der Waals surface area contributed by atoms with E-state index in [1.165, 1.54) is 17.7 Å². The number of aromatic nitrogens is 2. The van der Waals surface area contributed by atoms with E-state index in [1.54, 1.807) is 0 Å². The Kier molecular flexibility index (Phi) is 4.76. The van der Waals surface area contributed by atoms with Gasteiger partial charge in [-0.2, -0.15) is 4.98 Å². The van der Waals surface area contributed by atoms with Gasteiger partial charge in [-0.05, 0) is 55.7 Å². The van der Waals surface area contributed by atoms with Crippen molar-refractivity contribution in [1.29, 1.82) is 0 Å². The molecule has 2 aromatic rings. The zero-order chi connectivity index (χ0) is 18.1. The topological polar surface area (TPSA) is 75.3 Å². The van der Waals surface area contributed by atoms with Crippen LogP contribution in [0.5, 0.6) is 0 Å². The van der Waals surface area contributed by atoms with Crippen molar-refractivity contribution < 1.29 is 9.50 Å². The molecule has 1 saturated carbocycles. The summed E-state index contributed by atoms with van der Waals surface area (Å²) in [4.78, 5) is 11.1. The highest BCUT2D eigenvalue weighted by molar-refractivity contribution is 5.45. The van der Waals surface area contributed by atoms with Crippen LogP contribution < -0.4 is 10.6 Å². The second-order valence-electron chi connectivity index (χ2n) is 7.59. The first-order valence-corrected chi connectivity index (χ1v) is 9.39. The number of nitrogens with zero attached hydrogens (tertiary/aromatic N) is 3.